The summed E-state index contributed by atoms with van der Waals surface area (Å²) in [6.07, 6.45) is 6.37. The summed E-state index contributed by atoms with van der Waals surface area (Å²) in [7, 11) is 1.98. The lowest BCUT2D eigenvalue weighted by molar-refractivity contribution is 0.0253. The van der Waals surface area contributed by atoms with Gasteiger partial charge in [0.25, 0.3) is 0 Å². The van der Waals surface area contributed by atoms with Gasteiger partial charge in [-0.25, -0.2) is 0 Å². The number of piperazine rings is 1. The highest BCUT2D eigenvalue weighted by molar-refractivity contribution is 5.06. The van der Waals surface area contributed by atoms with Gasteiger partial charge in [0.15, 0.2) is 0 Å². The van der Waals surface area contributed by atoms with Gasteiger partial charge in [-0.05, 0) is 39.2 Å². The molecule has 2 heterocycles. The molecular formula is C15H28N4. The van der Waals surface area contributed by atoms with E-state index in [0.717, 1.165) is 26.1 Å². The lowest BCUT2D eigenvalue weighted by Crippen LogP contribution is -2.67. The molecular weight excluding hydrogens is 236 g/mol. The van der Waals surface area contributed by atoms with Crippen molar-refractivity contribution in [2.45, 2.75) is 51.6 Å². The molecule has 0 aliphatic carbocycles. The summed E-state index contributed by atoms with van der Waals surface area (Å²) < 4.78 is 1.88. The Bertz CT molecular complexity index is 424. The van der Waals surface area contributed by atoms with E-state index in [1.807, 2.05) is 17.9 Å². The lowest BCUT2D eigenvalue weighted by atomic mass is 9.87. The number of nitrogens with one attached hydrogen (secondary N) is 1. The third-order valence-corrected chi connectivity index (χ3v) is 4.49. The first-order valence-corrected chi connectivity index (χ1v) is 7.32. The molecule has 0 spiro atoms. The topological polar surface area (TPSA) is 33.1 Å². The zero-order valence-corrected chi connectivity index (χ0v) is 13.0. The Morgan fingerprint density at radius 1 is 1.37 bits per heavy atom. The highest BCUT2D eigenvalue weighted by Gasteiger charge is 2.39. The molecule has 1 atom stereocenters. The van der Waals surface area contributed by atoms with Crippen molar-refractivity contribution in [1.29, 1.82) is 0 Å². The molecule has 0 amide bonds. The summed E-state index contributed by atoms with van der Waals surface area (Å²) in [6, 6.07) is 0. The molecule has 1 fully saturated rings. The van der Waals surface area contributed by atoms with E-state index in [9.17, 15) is 0 Å². The van der Waals surface area contributed by atoms with Gasteiger partial charge in [-0.2, -0.15) is 5.10 Å². The maximum Gasteiger partial charge on any atom is 0.0522 e. The molecule has 0 radical (unpaired) electrons. The quantitative estimate of drug-likeness (QED) is 0.900. The summed E-state index contributed by atoms with van der Waals surface area (Å²) in [5.74, 6) is 0. The molecule has 0 bridgehead atoms. The van der Waals surface area contributed by atoms with E-state index < -0.39 is 0 Å². The average Bonchev–Trinajstić information content (AvgIpc) is 2.76. The monoisotopic (exact) mass is 264 g/mol. The molecule has 1 unspecified atom stereocenters. The van der Waals surface area contributed by atoms with E-state index in [-0.39, 0.29) is 11.1 Å². The first kappa shape index (κ1) is 14.5. The molecule has 1 aromatic rings. The first-order chi connectivity index (χ1) is 8.85. The molecule has 1 aliphatic heterocycles. The Kier molecular flexibility index (Phi) is 4.02. The Hall–Kier alpha value is -0.870. The van der Waals surface area contributed by atoms with Crippen LogP contribution in [0, 0.1) is 0 Å². The SMILES string of the molecule is CCC1(C)CNC(C)(C)CN1CCc1cnn(C)c1. The Labute approximate surface area is 117 Å². The molecule has 4 heteroatoms. The van der Waals surface area contributed by atoms with Crippen molar-refractivity contribution in [1.82, 2.24) is 20.0 Å². The molecule has 0 aromatic carbocycles. The van der Waals surface area contributed by atoms with Gasteiger partial charge in [-0.3, -0.25) is 9.58 Å². The smallest absolute Gasteiger partial charge is 0.0522 e. The molecule has 4 nitrogen and oxygen atoms in total. The second kappa shape index (κ2) is 5.25. The third-order valence-electron chi connectivity index (χ3n) is 4.49. The Morgan fingerprint density at radius 2 is 2.11 bits per heavy atom. The third kappa shape index (κ3) is 3.37. The largest absolute Gasteiger partial charge is 0.309 e. The van der Waals surface area contributed by atoms with Crippen molar-refractivity contribution in [2.75, 3.05) is 19.6 Å². The molecule has 1 aromatic heterocycles. The van der Waals surface area contributed by atoms with Gasteiger partial charge in [0.05, 0.1) is 6.20 Å². The molecule has 1 N–H and O–H groups in total. The zero-order valence-electron chi connectivity index (χ0n) is 13.0. The van der Waals surface area contributed by atoms with Crippen LogP contribution in [0.4, 0.5) is 0 Å². The second-order valence-corrected chi connectivity index (χ2v) is 6.78. The number of hydrogen-bond acceptors (Lipinski definition) is 3. The minimum atomic E-state index is 0.212. The number of aromatic nitrogens is 2. The summed E-state index contributed by atoms with van der Waals surface area (Å²) in [5.41, 5.74) is 1.82. The first-order valence-electron chi connectivity index (χ1n) is 7.32. The van der Waals surface area contributed by atoms with Crippen LogP contribution in [0.1, 0.15) is 39.7 Å². The van der Waals surface area contributed by atoms with Crippen LogP contribution >= 0.6 is 0 Å². The molecule has 1 saturated heterocycles. The van der Waals surface area contributed by atoms with Gasteiger partial charge in [0, 0.05) is 44.0 Å². The minimum absolute atomic E-state index is 0.212. The van der Waals surface area contributed by atoms with Crippen LogP contribution in [0.25, 0.3) is 0 Å². The van der Waals surface area contributed by atoms with Crippen LogP contribution in [0.15, 0.2) is 12.4 Å². The van der Waals surface area contributed by atoms with Crippen molar-refractivity contribution in [3.05, 3.63) is 18.0 Å². The van der Waals surface area contributed by atoms with E-state index in [1.54, 1.807) is 0 Å². The van der Waals surface area contributed by atoms with Crippen LogP contribution < -0.4 is 5.32 Å². The van der Waals surface area contributed by atoms with Crippen molar-refractivity contribution in [2.24, 2.45) is 7.05 Å². The fourth-order valence-corrected chi connectivity index (χ4v) is 2.83. The highest BCUT2D eigenvalue weighted by Crippen LogP contribution is 2.26. The maximum absolute atomic E-state index is 4.25. The standard InChI is InChI=1S/C15H28N4/c1-6-15(4)11-16-14(2,3)12-19(15)8-7-13-9-17-18(5)10-13/h9-10,16H,6-8,11-12H2,1-5H3. The molecule has 19 heavy (non-hydrogen) atoms. The molecule has 2 rings (SSSR count). The fourth-order valence-electron chi connectivity index (χ4n) is 2.83. The van der Waals surface area contributed by atoms with Gasteiger partial charge in [0.2, 0.25) is 0 Å². The van der Waals surface area contributed by atoms with Gasteiger partial charge in [-0.1, -0.05) is 6.92 Å². The van der Waals surface area contributed by atoms with Crippen molar-refractivity contribution < 1.29 is 0 Å². The number of aryl methyl sites for hydroxylation is 1. The van der Waals surface area contributed by atoms with Gasteiger partial charge in [0.1, 0.15) is 0 Å². The van der Waals surface area contributed by atoms with Crippen LogP contribution in [-0.2, 0) is 13.5 Å². The Balaban J connectivity index is 2.02. The summed E-state index contributed by atoms with van der Waals surface area (Å²) >= 11 is 0. The van der Waals surface area contributed by atoms with Crippen molar-refractivity contribution >= 4 is 0 Å². The van der Waals surface area contributed by atoms with Crippen LogP contribution in [0.3, 0.4) is 0 Å². The molecule has 0 saturated carbocycles. The van der Waals surface area contributed by atoms with E-state index in [0.29, 0.717) is 0 Å². The van der Waals surface area contributed by atoms with Gasteiger partial charge in [-0.15, -0.1) is 0 Å². The normalized spacial score (nSPS) is 27.6. The van der Waals surface area contributed by atoms with Crippen LogP contribution in [0.2, 0.25) is 0 Å². The summed E-state index contributed by atoms with van der Waals surface area (Å²) in [6.45, 7) is 12.5. The number of rotatable bonds is 4. The molecule has 1 aliphatic rings. The van der Waals surface area contributed by atoms with E-state index in [1.165, 1.54) is 12.0 Å². The zero-order chi connectivity index (χ0) is 14.1. The predicted octanol–water partition coefficient (Wildman–Crippen LogP) is 1.82. The number of hydrogen-bond donors (Lipinski definition) is 1. The highest BCUT2D eigenvalue weighted by atomic mass is 15.3. The second-order valence-electron chi connectivity index (χ2n) is 6.78. The van der Waals surface area contributed by atoms with E-state index >= 15 is 0 Å². The fraction of sp³-hybridized carbons (Fsp3) is 0.800. The number of nitrogens with zero attached hydrogens (tertiary/aromatic N) is 3. The van der Waals surface area contributed by atoms with Gasteiger partial charge >= 0.3 is 0 Å². The summed E-state index contributed by atoms with van der Waals surface area (Å²) in [5, 5.41) is 7.93. The van der Waals surface area contributed by atoms with Crippen LogP contribution in [-0.4, -0.2) is 45.4 Å². The average molecular weight is 264 g/mol. The van der Waals surface area contributed by atoms with E-state index in [2.05, 4.69) is 49.2 Å². The maximum atomic E-state index is 4.25. The van der Waals surface area contributed by atoms with E-state index in [4.69, 9.17) is 0 Å². The summed E-state index contributed by atoms with van der Waals surface area (Å²) in [4.78, 5) is 2.65. The van der Waals surface area contributed by atoms with Gasteiger partial charge < -0.3 is 5.32 Å². The van der Waals surface area contributed by atoms with Crippen LogP contribution in [0.5, 0.6) is 0 Å². The lowest BCUT2D eigenvalue weighted by Gasteiger charge is -2.51. The van der Waals surface area contributed by atoms with Crippen molar-refractivity contribution in [3.63, 3.8) is 0 Å². The Morgan fingerprint density at radius 3 is 2.68 bits per heavy atom. The molecule has 108 valence electrons. The predicted molar refractivity (Wildman–Crippen MR) is 79.3 cm³/mol. The minimum Gasteiger partial charge on any atom is -0.309 e. The van der Waals surface area contributed by atoms with Crippen molar-refractivity contribution in [3.8, 4) is 0 Å².